The van der Waals surface area contributed by atoms with Crippen molar-refractivity contribution >= 4 is 17.5 Å². The van der Waals surface area contributed by atoms with E-state index in [4.69, 9.17) is 11.6 Å². The van der Waals surface area contributed by atoms with Crippen LogP contribution in [0.3, 0.4) is 0 Å². The van der Waals surface area contributed by atoms with Crippen LogP contribution >= 0.6 is 11.6 Å². The fourth-order valence-electron chi connectivity index (χ4n) is 3.30. The summed E-state index contributed by atoms with van der Waals surface area (Å²) >= 11 is 6.02. The molecule has 0 radical (unpaired) electrons. The number of nitrogens with one attached hydrogen (secondary N) is 1. The first-order chi connectivity index (χ1) is 12.1. The first kappa shape index (κ1) is 18.7. The molecule has 1 aromatic heterocycles. The molecule has 0 bridgehead atoms. The Morgan fingerprint density at radius 1 is 1.38 bits per heavy atom. The summed E-state index contributed by atoms with van der Waals surface area (Å²) in [6, 6.07) is 6.20. The second kappa shape index (κ2) is 6.59. The zero-order valence-electron chi connectivity index (χ0n) is 14.4. The highest BCUT2D eigenvalue weighted by Crippen LogP contribution is 2.45. The van der Waals surface area contributed by atoms with E-state index in [0.717, 1.165) is 6.07 Å². The minimum atomic E-state index is -2.31. The second-order valence-corrected chi connectivity index (χ2v) is 7.24. The largest absolute Gasteiger partial charge is 0.384 e. The van der Waals surface area contributed by atoms with Crippen molar-refractivity contribution in [2.75, 3.05) is 0 Å². The van der Waals surface area contributed by atoms with Gasteiger partial charge < -0.3 is 10.4 Å². The molecule has 0 unspecified atom stereocenters. The van der Waals surface area contributed by atoms with E-state index < -0.39 is 29.0 Å². The minimum Gasteiger partial charge on any atom is -0.384 e. The van der Waals surface area contributed by atoms with E-state index in [-0.39, 0.29) is 29.1 Å². The van der Waals surface area contributed by atoms with Gasteiger partial charge in [-0.05, 0) is 50.5 Å². The monoisotopic (exact) mass is 380 g/mol. The van der Waals surface area contributed by atoms with Crippen LogP contribution in [0.1, 0.15) is 49.6 Å². The van der Waals surface area contributed by atoms with Crippen molar-refractivity contribution in [1.29, 1.82) is 0 Å². The lowest BCUT2D eigenvalue weighted by atomic mass is 9.75. The number of carbonyl (C=O) groups excluding carboxylic acids is 1. The van der Waals surface area contributed by atoms with Gasteiger partial charge in [0.15, 0.2) is 0 Å². The number of alkyl halides is 1. The number of carbonyl (C=O) groups is 1. The lowest BCUT2D eigenvalue weighted by Crippen LogP contribution is -2.47. The van der Waals surface area contributed by atoms with Gasteiger partial charge in [0.2, 0.25) is 5.67 Å². The second-order valence-electron chi connectivity index (χ2n) is 6.84. The Bertz CT molecular complexity index is 859. The Morgan fingerprint density at radius 3 is 2.81 bits per heavy atom. The van der Waals surface area contributed by atoms with Gasteiger partial charge in [-0.1, -0.05) is 23.7 Å². The third-order valence-electron chi connectivity index (χ3n) is 4.84. The van der Waals surface area contributed by atoms with Crippen molar-refractivity contribution in [3.63, 3.8) is 0 Å². The summed E-state index contributed by atoms with van der Waals surface area (Å²) in [5.41, 5.74) is -2.90. The van der Waals surface area contributed by atoms with Crippen molar-refractivity contribution in [2.24, 2.45) is 0 Å². The van der Waals surface area contributed by atoms with E-state index in [9.17, 15) is 14.3 Å². The molecule has 7 heteroatoms. The van der Waals surface area contributed by atoms with Crippen molar-refractivity contribution < 1.29 is 18.7 Å². The normalized spacial score (nSPS) is 26.1. The fraction of sp³-hybridized carbons (Fsp3) is 0.368. The fourth-order valence-corrected chi connectivity index (χ4v) is 3.63. The van der Waals surface area contributed by atoms with Crippen LogP contribution in [0, 0.1) is 5.82 Å². The molecule has 3 atom stereocenters. The molecule has 1 heterocycles. The number of hydrogen-bond acceptors (Lipinski definition) is 3. The topological polar surface area (TPSA) is 62.2 Å². The van der Waals surface area contributed by atoms with Gasteiger partial charge >= 0.3 is 0 Å². The summed E-state index contributed by atoms with van der Waals surface area (Å²) < 4.78 is 28.9. The van der Waals surface area contributed by atoms with Gasteiger partial charge in [0.1, 0.15) is 11.4 Å². The van der Waals surface area contributed by atoms with Crippen molar-refractivity contribution in [3.8, 4) is 0 Å². The maximum Gasteiger partial charge on any atom is 0.262 e. The number of amides is 1. The van der Waals surface area contributed by atoms with E-state index in [1.165, 1.54) is 30.5 Å². The lowest BCUT2D eigenvalue weighted by molar-refractivity contribution is -0.137. The van der Waals surface area contributed by atoms with E-state index in [1.54, 1.807) is 13.8 Å². The van der Waals surface area contributed by atoms with Crippen LogP contribution in [-0.4, -0.2) is 16.0 Å². The molecule has 3 rings (SSSR count). The van der Waals surface area contributed by atoms with E-state index >= 15 is 4.39 Å². The molecule has 1 aliphatic rings. The molecular formula is C19H19ClF2N2O2. The molecule has 1 amide bonds. The summed E-state index contributed by atoms with van der Waals surface area (Å²) in [7, 11) is 0. The summed E-state index contributed by atoms with van der Waals surface area (Å²) in [5, 5.41) is 13.2. The van der Waals surface area contributed by atoms with Gasteiger partial charge in [0.25, 0.3) is 5.91 Å². The highest BCUT2D eigenvalue weighted by atomic mass is 35.5. The Hall–Kier alpha value is -2.05. The number of pyridine rings is 1. The molecule has 0 spiro atoms. The summed E-state index contributed by atoms with van der Waals surface area (Å²) in [5.74, 6) is -1.33. The molecule has 1 aromatic carbocycles. The van der Waals surface area contributed by atoms with Crippen molar-refractivity contribution in [2.45, 2.75) is 44.0 Å². The third-order valence-corrected chi connectivity index (χ3v) is 5.16. The van der Waals surface area contributed by atoms with Gasteiger partial charge in [0, 0.05) is 16.8 Å². The lowest BCUT2D eigenvalue weighted by Gasteiger charge is -2.38. The van der Waals surface area contributed by atoms with E-state index in [2.05, 4.69) is 10.3 Å². The van der Waals surface area contributed by atoms with E-state index in [1.807, 2.05) is 0 Å². The van der Waals surface area contributed by atoms with Gasteiger partial charge in [-0.2, -0.15) is 0 Å². The minimum absolute atomic E-state index is 0.0613. The zero-order valence-corrected chi connectivity index (χ0v) is 15.1. The first-order valence-corrected chi connectivity index (χ1v) is 8.66. The molecule has 0 saturated carbocycles. The number of halogens is 3. The molecule has 2 N–H and O–H groups in total. The van der Waals surface area contributed by atoms with Crippen LogP contribution in [-0.2, 0) is 16.1 Å². The van der Waals surface area contributed by atoms with Gasteiger partial charge in [-0.15, -0.1) is 0 Å². The average molecular weight is 381 g/mol. The Balaban J connectivity index is 1.90. The standard InChI is InChI=1S/C19H19ClF2N2O2/c1-11(13-6-5-12(21)10-15(13)20)24-17(25)19(22)8-7-18(2,26)16-14(19)4-3-9-23-16/h3-6,9-11,26H,7-8H2,1-2H3,(H,24,25)/t11-,18-,19-/m0/s1. The number of aromatic nitrogens is 1. The van der Waals surface area contributed by atoms with Crippen LogP contribution in [0.15, 0.2) is 36.5 Å². The molecule has 0 fully saturated rings. The number of benzene rings is 1. The van der Waals surface area contributed by atoms with Crippen LogP contribution < -0.4 is 5.32 Å². The number of hydrogen-bond donors (Lipinski definition) is 2. The Morgan fingerprint density at radius 2 is 2.12 bits per heavy atom. The summed E-state index contributed by atoms with van der Waals surface area (Å²) in [4.78, 5) is 16.8. The maximum atomic E-state index is 15.7. The number of nitrogens with zero attached hydrogens (tertiary/aromatic N) is 1. The number of fused-ring (bicyclic) bond motifs is 1. The molecular weight excluding hydrogens is 362 g/mol. The number of rotatable bonds is 3. The van der Waals surface area contributed by atoms with Gasteiger partial charge in [-0.3, -0.25) is 9.78 Å². The maximum absolute atomic E-state index is 15.7. The molecule has 138 valence electrons. The van der Waals surface area contributed by atoms with Gasteiger partial charge in [0.05, 0.1) is 11.7 Å². The molecule has 0 saturated heterocycles. The average Bonchev–Trinajstić information content (AvgIpc) is 2.58. The van der Waals surface area contributed by atoms with Crippen molar-refractivity contribution in [1.82, 2.24) is 10.3 Å². The van der Waals surface area contributed by atoms with Gasteiger partial charge in [-0.25, -0.2) is 8.78 Å². The predicted molar refractivity (Wildman–Crippen MR) is 93.8 cm³/mol. The van der Waals surface area contributed by atoms with Crippen LogP contribution in [0.25, 0.3) is 0 Å². The molecule has 4 nitrogen and oxygen atoms in total. The highest BCUT2D eigenvalue weighted by Gasteiger charge is 2.50. The van der Waals surface area contributed by atoms with Crippen LogP contribution in [0.5, 0.6) is 0 Å². The molecule has 0 aliphatic heterocycles. The van der Waals surface area contributed by atoms with E-state index in [0.29, 0.717) is 5.56 Å². The number of aliphatic hydroxyl groups is 1. The smallest absolute Gasteiger partial charge is 0.262 e. The highest BCUT2D eigenvalue weighted by molar-refractivity contribution is 6.31. The Labute approximate surface area is 155 Å². The Kier molecular flexibility index (Phi) is 4.75. The SMILES string of the molecule is C[C@H](NC(=O)[C@]1(F)CC[C@](C)(O)c2ncccc21)c1ccc(F)cc1Cl. The zero-order chi connectivity index (χ0) is 19.1. The van der Waals surface area contributed by atoms with Crippen molar-refractivity contribution in [3.05, 3.63) is 64.2 Å². The predicted octanol–water partition coefficient (Wildman–Crippen LogP) is 3.92. The third kappa shape index (κ3) is 3.19. The van der Waals surface area contributed by atoms with Crippen LogP contribution in [0.4, 0.5) is 8.78 Å². The summed E-state index contributed by atoms with van der Waals surface area (Å²) in [6.07, 6.45) is 1.35. The van der Waals surface area contributed by atoms with Crippen LogP contribution in [0.2, 0.25) is 5.02 Å². The molecule has 2 aromatic rings. The molecule has 1 aliphatic carbocycles. The quantitative estimate of drug-likeness (QED) is 0.848. The first-order valence-electron chi connectivity index (χ1n) is 8.28. The summed E-state index contributed by atoms with van der Waals surface area (Å²) in [6.45, 7) is 3.20. The molecule has 26 heavy (non-hydrogen) atoms.